The molecule has 0 fully saturated rings. The van der Waals surface area contributed by atoms with Gasteiger partial charge in [0.25, 0.3) is 0 Å². The maximum absolute atomic E-state index is 5.62. The van der Waals surface area contributed by atoms with Gasteiger partial charge in [-0.1, -0.05) is 23.8 Å². The van der Waals surface area contributed by atoms with Gasteiger partial charge in [-0.3, -0.25) is 4.98 Å². The van der Waals surface area contributed by atoms with Crippen molar-refractivity contribution in [2.45, 2.75) is 13.5 Å². The fourth-order valence-electron chi connectivity index (χ4n) is 1.59. The Labute approximate surface area is 108 Å². The summed E-state index contributed by atoms with van der Waals surface area (Å²) in [7, 11) is 0. The van der Waals surface area contributed by atoms with Crippen molar-refractivity contribution in [2.75, 3.05) is 13.2 Å². The zero-order chi connectivity index (χ0) is 12.6. The lowest BCUT2D eigenvalue weighted by Crippen LogP contribution is -2.21. The second-order valence-electron chi connectivity index (χ2n) is 4.16. The van der Waals surface area contributed by atoms with E-state index in [2.05, 4.69) is 29.4 Å². The molecule has 1 aromatic carbocycles. The Kier molecular flexibility index (Phi) is 4.73. The summed E-state index contributed by atoms with van der Waals surface area (Å²) in [5, 5.41) is 3.30. The SMILES string of the molecule is Cc1ccc(OCCNCc2ccccn2)cc1. The summed E-state index contributed by atoms with van der Waals surface area (Å²) >= 11 is 0. The van der Waals surface area contributed by atoms with Crippen molar-refractivity contribution in [1.29, 1.82) is 0 Å². The molecule has 1 N–H and O–H groups in total. The van der Waals surface area contributed by atoms with E-state index >= 15 is 0 Å². The van der Waals surface area contributed by atoms with Crippen LogP contribution in [0.15, 0.2) is 48.7 Å². The van der Waals surface area contributed by atoms with Crippen LogP contribution in [-0.2, 0) is 6.54 Å². The van der Waals surface area contributed by atoms with Crippen molar-refractivity contribution in [2.24, 2.45) is 0 Å². The van der Waals surface area contributed by atoms with Crippen molar-refractivity contribution in [3.8, 4) is 5.75 Å². The minimum Gasteiger partial charge on any atom is -0.492 e. The van der Waals surface area contributed by atoms with E-state index < -0.39 is 0 Å². The van der Waals surface area contributed by atoms with E-state index in [-0.39, 0.29) is 0 Å². The van der Waals surface area contributed by atoms with Crippen LogP contribution in [0.2, 0.25) is 0 Å². The van der Waals surface area contributed by atoms with E-state index in [1.54, 1.807) is 6.20 Å². The highest BCUT2D eigenvalue weighted by Gasteiger charge is 1.94. The van der Waals surface area contributed by atoms with Crippen LogP contribution in [0.1, 0.15) is 11.3 Å². The fourth-order valence-corrected chi connectivity index (χ4v) is 1.59. The third-order valence-corrected chi connectivity index (χ3v) is 2.60. The number of rotatable bonds is 6. The molecule has 0 aliphatic rings. The third-order valence-electron chi connectivity index (χ3n) is 2.60. The van der Waals surface area contributed by atoms with E-state index in [0.29, 0.717) is 6.61 Å². The van der Waals surface area contributed by atoms with Gasteiger partial charge in [0, 0.05) is 19.3 Å². The van der Waals surface area contributed by atoms with E-state index in [1.165, 1.54) is 5.56 Å². The lowest BCUT2D eigenvalue weighted by atomic mass is 10.2. The Morgan fingerprint density at radius 1 is 1.11 bits per heavy atom. The van der Waals surface area contributed by atoms with Crippen molar-refractivity contribution in [3.05, 3.63) is 59.9 Å². The van der Waals surface area contributed by atoms with Gasteiger partial charge in [-0.2, -0.15) is 0 Å². The molecule has 0 bridgehead atoms. The van der Waals surface area contributed by atoms with Crippen molar-refractivity contribution in [3.63, 3.8) is 0 Å². The molecule has 0 amide bonds. The quantitative estimate of drug-likeness (QED) is 0.790. The van der Waals surface area contributed by atoms with Gasteiger partial charge >= 0.3 is 0 Å². The van der Waals surface area contributed by atoms with Gasteiger partial charge in [0.15, 0.2) is 0 Å². The summed E-state index contributed by atoms with van der Waals surface area (Å²) in [4.78, 5) is 4.24. The first-order valence-electron chi connectivity index (χ1n) is 6.15. The Balaban J connectivity index is 1.63. The van der Waals surface area contributed by atoms with Crippen LogP contribution in [-0.4, -0.2) is 18.1 Å². The molecule has 18 heavy (non-hydrogen) atoms. The third kappa shape index (κ3) is 4.18. The molecule has 3 heteroatoms. The normalized spacial score (nSPS) is 10.3. The summed E-state index contributed by atoms with van der Waals surface area (Å²) in [6, 6.07) is 14.0. The minimum atomic E-state index is 0.663. The highest BCUT2D eigenvalue weighted by molar-refractivity contribution is 5.26. The number of hydrogen-bond acceptors (Lipinski definition) is 3. The number of aromatic nitrogens is 1. The molecule has 0 saturated carbocycles. The highest BCUT2D eigenvalue weighted by atomic mass is 16.5. The predicted octanol–water partition coefficient (Wildman–Crippen LogP) is 2.56. The minimum absolute atomic E-state index is 0.663. The van der Waals surface area contributed by atoms with E-state index in [9.17, 15) is 0 Å². The van der Waals surface area contributed by atoms with Crippen LogP contribution in [0.3, 0.4) is 0 Å². The summed E-state index contributed by atoms with van der Waals surface area (Å²) in [6.45, 7) is 4.32. The topological polar surface area (TPSA) is 34.1 Å². The van der Waals surface area contributed by atoms with Crippen molar-refractivity contribution >= 4 is 0 Å². The summed E-state index contributed by atoms with van der Waals surface area (Å²) in [6.07, 6.45) is 1.81. The first-order chi connectivity index (χ1) is 8.84. The van der Waals surface area contributed by atoms with Gasteiger partial charge in [0.05, 0.1) is 5.69 Å². The molecule has 0 saturated heterocycles. The van der Waals surface area contributed by atoms with Crippen LogP contribution < -0.4 is 10.1 Å². The molecular weight excluding hydrogens is 224 g/mol. The molecule has 2 aromatic rings. The second-order valence-corrected chi connectivity index (χ2v) is 4.16. The van der Waals surface area contributed by atoms with Gasteiger partial charge < -0.3 is 10.1 Å². The van der Waals surface area contributed by atoms with Crippen molar-refractivity contribution in [1.82, 2.24) is 10.3 Å². The molecule has 1 heterocycles. The fraction of sp³-hybridized carbons (Fsp3) is 0.267. The largest absolute Gasteiger partial charge is 0.492 e. The number of nitrogens with one attached hydrogen (secondary N) is 1. The van der Waals surface area contributed by atoms with Gasteiger partial charge in [-0.15, -0.1) is 0 Å². The Hall–Kier alpha value is -1.87. The molecule has 0 spiro atoms. The molecule has 1 aromatic heterocycles. The maximum Gasteiger partial charge on any atom is 0.119 e. The standard InChI is InChI=1S/C15H18N2O/c1-13-5-7-15(8-6-13)18-11-10-16-12-14-4-2-3-9-17-14/h2-9,16H,10-12H2,1H3. The van der Waals surface area contributed by atoms with Crippen LogP contribution >= 0.6 is 0 Å². The van der Waals surface area contributed by atoms with Crippen LogP contribution in [0.5, 0.6) is 5.75 Å². The van der Waals surface area contributed by atoms with Gasteiger partial charge in [0.1, 0.15) is 12.4 Å². The van der Waals surface area contributed by atoms with Crippen LogP contribution in [0, 0.1) is 6.92 Å². The molecule has 0 radical (unpaired) electrons. The monoisotopic (exact) mass is 242 g/mol. The molecule has 2 rings (SSSR count). The molecule has 0 unspecified atom stereocenters. The van der Waals surface area contributed by atoms with Gasteiger partial charge in [-0.25, -0.2) is 0 Å². The molecule has 0 atom stereocenters. The Morgan fingerprint density at radius 2 is 1.94 bits per heavy atom. The molecule has 3 nitrogen and oxygen atoms in total. The average Bonchev–Trinajstić information content (AvgIpc) is 2.42. The van der Waals surface area contributed by atoms with Crippen molar-refractivity contribution < 1.29 is 4.74 Å². The molecular formula is C15H18N2O. The van der Waals surface area contributed by atoms with E-state index in [0.717, 1.165) is 24.5 Å². The average molecular weight is 242 g/mol. The molecule has 0 aliphatic heterocycles. The number of benzene rings is 1. The van der Waals surface area contributed by atoms with E-state index in [1.807, 2.05) is 30.3 Å². The maximum atomic E-state index is 5.62. The lowest BCUT2D eigenvalue weighted by Gasteiger charge is -2.07. The van der Waals surface area contributed by atoms with Crippen LogP contribution in [0.4, 0.5) is 0 Å². The number of pyridine rings is 1. The Bertz CT molecular complexity index is 454. The zero-order valence-corrected chi connectivity index (χ0v) is 10.6. The molecule has 94 valence electrons. The summed E-state index contributed by atoms with van der Waals surface area (Å²) in [5.41, 5.74) is 2.29. The smallest absolute Gasteiger partial charge is 0.119 e. The summed E-state index contributed by atoms with van der Waals surface area (Å²) in [5.74, 6) is 0.917. The second kappa shape index (κ2) is 6.77. The van der Waals surface area contributed by atoms with Gasteiger partial charge in [0.2, 0.25) is 0 Å². The predicted molar refractivity (Wildman–Crippen MR) is 72.6 cm³/mol. The zero-order valence-electron chi connectivity index (χ0n) is 10.6. The van der Waals surface area contributed by atoms with Gasteiger partial charge in [-0.05, 0) is 31.2 Å². The van der Waals surface area contributed by atoms with E-state index in [4.69, 9.17) is 4.74 Å². The highest BCUT2D eigenvalue weighted by Crippen LogP contribution is 2.10. The number of hydrogen-bond donors (Lipinski definition) is 1. The first-order valence-corrected chi connectivity index (χ1v) is 6.15. The number of nitrogens with zero attached hydrogens (tertiary/aromatic N) is 1. The van der Waals surface area contributed by atoms with Crippen LogP contribution in [0.25, 0.3) is 0 Å². The summed E-state index contributed by atoms with van der Waals surface area (Å²) < 4.78 is 5.62. The lowest BCUT2D eigenvalue weighted by molar-refractivity contribution is 0.313. The Morgan fingerprint density at radius 3 is 2.67 bits per heavy atom. The molecule has 0 aliphatic carbocycles. The first kappa shape index (κ1) is 12.6. The number of aryl methyl sites for hydroxylation is 1. The number of ether oxygens (including phenoxy) is 1.